The van der Waals surface area contributed by atoms with Crippen LogP contribution in [0.1, 0.15) is 0 Å². The number of hydrogen-bond acceptors (Lipinski definition) is 1. The van der Waals surface area contributed by atoms with Crippen molar-refractivity contribution < 1.29 is 24.3 Å². The minimum absolute atomic E-state index is 0. The second-order valence-electron chi connectivity index (χ2n) is 13.0. The SMILES string of the molecule is C=O.[RuH2+2].c1ccc(P(c2ccccc2)c2ccccc2)cc1.c1ccc(P(c2ccccc2)c2ccccc2)cc1.c1ccc(P(c2ccccc2)c2ccccc2)cc1. The van der Waals surface area contributed by atoms with E-state index in [1.54, 1.807) is 0 Å². The molecule has 9 aromatic rings. The molecule has 0 aliphatic heterocycles. The van der Waals surface area contributed by atoms with Gasteiger partial charge in [0.05, 0.1) is 0 Å². The summed E-state index contributed by atoms with van der Waals surface area (Å²) in [6.45, 7) is 2.00. The zero-order valence-electron chi connectivity index (χ0n) is 33.3. The van der Waals surface area contributed by atoms with Gasteiger partial charge in [-0.25, -0.2) is 0 Å². The Morgan fingerprint density at radius 1 is 0.183 bits per heavy atom. The van der Waals surface area contributed by atoms with Gasteiger partial charge in [0.15, 0.2) is 0 Å². The third-order valence-corrected chi connectivity index (χ3v) is 16.5. The van der Waals surface area contributed by atoms with Crippen molar-refractivity contribution in [3.8, 4) is 0 Å². The molecule has 0 unspecified atom stereocenters. The monoisotopic (exact) mass is 920 g/mol. The van der Waals surface area contributed by atoms with Crippen LogP contribution in [0.2, 0.25) is 0 Å². The van der Waals surface area contributed by atoms with Gasteiger partial charge in [0.1, 0.15) is 6.79 Å². The minimum atomic E-state index is -0.446. The molecule has 9 rings (SSSR count). The quantitative estimate of drug-likeness (QED) is 0.104. The number of hydrogen-bond donors (Lipinski definition) is 0. The van der Waals surface area contributed by atoms with E-state index in [2.05, 4.69) is 273 Å². The normalized spacial score (nSPS) is 10.1. The third kappa shape index (κ3) is 13.3. The fourth-order valence-electron chi connectivity index (χ4n) is 6.54. The van der Waals surface area contributed by atoms with Gasteiger partial charge in [-0.3, -0.25) is 0 Å². The number of benzene rings is 9. The van der Waals surface area contributed by atoms with Gasteiger partial charge < -0.3 is 4.79 Å². The van der Waals surface area contributed by atoms with E-state index in [0.717, 1.165) is 0 Å². The standard InChI is InChI=1S/3C18H15P.CH2O.Ru.2H/c3*1-4-10-16(11-5-1)19(17-12-6-2-7-13-17)18-14-8-3-9-15-18;1-2;;;/h3*1-15H;1H2;;;/q;;;;+2;;. The molecule has 0 aliphatic rings. The van der Waals surface area contributed by atoms with Crippen molar-refractivity contribution in [3.63, 3.8) is 0 Å². The van der Waals surface area contributed by atoms with E-state index in [1.165, 1.54) is 47.7 Å². The van der Waals surface area contributed by atoms with Gasteiger partial charge in [0, 0.05) is 0 Å². The summed E-state index contributed by atoms with van der Waals surface area (Å²) in [6.07, 6.45) is 0. The molecular formula is C55H49OP3Ru+2. The second kappa shape index (κ2) is 25.9. The van der Waals surface area contributed by atoms with Gasteiger partial charge in [-0.15, -0.1) is 0 Å². The first-order valence-corrected chi connectivity index (χ1v) is 23.5. The molecule has 0 bridgehead atoms. The summed E-state index contributed by atoms with van der Waals surface area (Å²) in [7, 11) is -1.34. The van der Waals surface area contributed by atoms with Crippen molar-refractivity contribution in [2.45, 2.75) is 0 Å². The van der Waals surface area contributed by atoms with Crippen LogP contribution in [0.5, 0.6) is 0 Å². The Morgan fingerprint density at radius 3 is 0.350 bits per heavy atom. The van der Waals surface area contributed by atoms with Gasteiger partial charge >= 0.3 is 19.5 Å². The molecule has 0 N–H and O–H groups in total. The molecule has 0 heterocycles. The third-order valence-electron chi connectivity index (χ3n) is 9.13. The van der Waals surface area contributed by atoms with Crippen LogP contribution in [-0.4, -0.2) is 6.79 Å². The first-order chi connectivity index (χ1) is 29.3. The zero-order chi connectivity index (χ0) is 40.7. The number of carbonyl (C=O) groups excluding carboxylic acids is 1. The summed E-state index contributed by atoms with van der Waals surface area (Å²) >= 11 is 0. The van der Waals surface area contributed by atoms with Crippen LogP contribution in [0.3, 0.4) is 0 Å². The first-order valence-electron chi connectivity index (χ1n) is 19.5. The molecule has 0 amide bonds. The second-order valence-corrected chi connectivity index (χ2v) is 19.7. The molecule has 0 fully saturated rings. The van der Waals surface area contributed by atoms with Gasteiger partial charge in [-0.2, -0.15) is 0 Å². The summed E-state index contributed by atoms with van der Waals surface area (Å²) in [5.74, 6) is 0. The van der Waals surface area contributed by atoms with Crippen molar-refractivity contribution in [2.75, 3.05) is 0 Å². The summed E-state index contributed by atoms with van der Waals surface area (Å²) in [5, 5.41) is 12.6. The van der Waals surface area contributed by atoms with E-state index in [0.29, 0.717) is 0 Å². The Morgan fingerprint density at radius 2 is 0.267 bits per heavy atom. The van der Waals surface area contributed by atoms with Crippen molar-refractivity contribution in [3.05, 3.63) is 273 Å². The summed E-state index contributed by atoms with van der Waals surface area (Å²) < 4.78 is 0. The van der Waals surface area contributed by atoms with E-state index < -0.39 is 23.8 Å². The summed E-state index contributed by atoms with van der Waals surface area (Å²) in [4.78, 5) is 8.00. The molecule has 0 spiro atoms. The molecular weight excluding hydrogens is 871 g/mol. The molecule has 296 valence electrons. The van der Waals surface area contributed by atoms with Crippen LogP contribution < -0.4 is 47.7 Å². The maximum Gasteiger partial charge on any atom is -0.0134 e. The van der Waals surface area contributed by atoms with Gasteiger partial charge in [0.2, 0.25) is 0 Å². The fourth-order valence-corrected chi connectivity index (χ4v) is 13.5. The fraction of sp³-hybridized carbons (Fsp3) is 0. The maximum atomic E-state index is 8.00. The molecule has 1 nitrogen and oxygen atoms in total. The average molecular weight is 920 g/mol. The maximum absolute atomic E-state index is 8.00. The Bertz CT molecular complexity index is 1890. The van der Waals surface area contributed by atoms with Gasteiger partial charge in [0.25, 0.3) is 0 Å². The van der Waals surface area contributed by atoms with Crippen LogP contribution in [0.25, 0.3) is 0 Å². The van der Waals surface area contributed by atoms with Crippen LogP contribution in [0.4, 0.5) is 0 Å². The molecule has 0 atom stereocenters. The van der Waals surface area contributed by atoms with Crippen molar-refractivity contribution >= 4 is 78.3 Å². The summed E-state index contributed by atoms with van der Waals surface area (Å²) in [6, 6.07) is 97.0. The van der Waals surface area contributed by atoms with E-state index >= 15 is 0 Å². The zero-order valence-corrected chi connectivity index (χ0v) is 38.0. The molecule has 9 aromatic carbocycles. The molecule has 0 aromatic heterocycles. The predicted molar refractivity (Wildman–Crippen MR) is 265 cm³/mol. The smallest absolute Gasteiger partial charge is 0.0134 e. The van der Waals surface area contributed by atoms with Crippen molar-refractivity contribution in [1.29, 1.82) is 0 Å². The molecule has 0 aliphatic carbocycles. The predicted octanol–water partition coefficient (Wildman–Crippen LogP) is 9.61. The molecule has 0 radical (unpaired) electrons. The van der Waals surface area contributed by atoms with Crippen LogP contribution in [0.15, 0.2) is 273 Å². The van der Waals surface area contributed by atoms with E-state index in [4.69, 9.17) is 4.79 Å². The number of carbonyl (C=O) groups is 1. The molecule has 0 saturated heterocycles. The van der Waals surface area contributed by atoms with E-state index in [1.807, 2.05) is 6.79 Å². The van der Waals surface area contributed by atoms with Gasteiger partial charge in [-0.1, -0.05) is 273 Å². The summed E-state index contributed by atoms with van der Waals surface area (Å²) in [5.41, 5.74) is 0. The van der Waals surface area contributed by atoms with Crippen molar-refractivity contribution in [1.82, 2.24) is 0 Å². The van der Waals surface area contributed by atoms with E-state index in [9.17, 15) is 0 Å². The Kier molecular flexibility index (Phi) is 19.7. The molecule has 60 heavy (non-hydrogen) atoms. The van der Waals surface area contributed by atoms with E-state index in [-0.39, 0.29) is 19.5 Å². The Labute approximate surface area is 373 Å². The molecule has 0 saturated carbocycles. The largest absolute Gasteiger partial charge is 0.0622 e. The van der Waals surface area contributed by atoms with Crippen molar-refractivity contribution in [2.24, 2.45) is 0 Å². The topological polar surface area (TPSA) is 17.1 Å². The van der Waals surface area contributed by atoms with Crippen LogP contribution in [-0.2, 0) is 24.3 Å². The van der Waals surface area contributed by atoms with Gasteiger partial charge in [-0.05, 0) is 71.5 Å². The average Bonchev–Trinajstić information content (AvgIpc) is 3.34. The van der Waals surface area contributed by atoms with Crippen LogP contribution in [0, 0.1) is 0 Å². The Balaban J connectivity index is 0.000000166. The first kappa shape index (κ1) is 45.6. The van der Waals surface area contributed by atoms with Crippen LogP contribution >= 0.6 is 23.8 Å². The molecule has 5 heteroatoms. The minimum Gasteiger partial charge on any atom is -0.0622 e. The Hall–Kier alpha value is -5.44. The number of rotatable bonds is 9.